The molecule has 0 bridgehead atoms. The van der Waals surface area contributed by atoms with Crippen LogP contribution in [0, 0.1) is 5.82 Å². The molecule has 1 saturated heterocycles. The molecule has 1 fully saturated rings. The number of halogens is 1. The van der Waals surface area contributed by atoms with E-state index in [-0.39, 0.29) is 10.0 Å². The van der Waals surface area contributed by atoms with E-state index in [9.17, 15) is 17.6 Å². The Labute approximate surface area is 163 Å². The minimum absolute atomic E-state index is 0.234. The first-order chi connectivity index (χ1) is 12.9. The Kier molecular flexibility index (Phi) is 4.97. The van der Waals surface area contributed by atoms with Crippen LogP contribution in [0.2, 0.25) is 0 Å². The van der Waals surface area contributed by atoms with Crippen molar-refractivity contribution in [2.45, 2.75) is 29.5 Å². The van der Waals surface area contributed by atoms with E-state index >= 15 is 0 Å². The van der Waals surface area contributed by atoms with Gasteiger partial charge in [-0.25, -0.2) is 17.8 Å². The molecule has 3 heterocycles. The summed E-state index contributed by atoms with van der Waals surface area (Å²) >= 11 is 2.30. The molecule has 27 heavy (non-hydrogen) atoms. The fourth-order valence-corrected chi connectivity index (χ4v) is 6.79. The van der Waals surface area contributed by atoms with Gasteiger partial charge in [-0.15, -0.1) is 11.3 Å². The SMILES string of the molecule is O=C(Nc1nc2ccc(F)cc2s1)[C@H]1CCCCN1S(=O)(=O)c1cccs1. The zero-order valence-electron chi connectivity index (χ0n) is 14.1. The fourth-order valence-electron chi connectivity index (χ4n) is 3.12. The van der Waals surface area contributed by atoms with Gasteiger partial charge in [0.05, 0.1) is 10.2 Å². The summed E-state index contributed by atoms with van der Waals surface area (Å²) in [5.41, 5.74) is 0.586. The van der Waals surface area contributed by atoms with Gasteiger partial charge in [0.2, 0.25) is 5.91 Å². The lowest BCUT2D eigenvalue weighted by Crippen LogP contribution is -2.49. The second kappa shape index (κ2) is 7.27. The van der Waals surface area contributed by atoms with Crippen molar-refractivity contribution in [1.29, 1.82) is 0 Å². The number of hydrogen-bond donors (Lipinski definition) is 1. The highest BCUT2D eigenvalue weighted by molar-refractivity contribution is 7.91. The Hall–Kier alpha value is -1.88. The van der Waals surface area contributed by atoms with Gasteiger partial charge in [0.15, 0.2) is 5.13 Å². The van der Waals surface area contributed by atoms with Gasteiger partial charge in [-0.3, -0.25) is 4.79 Å². The van der Waals surface area contributed by atoms with Crippen molar-refractivity contribution in [2.24, 2.45) is 0 Å². The van der Waals surface area contributed by atoms with Crippen LogP contribution in [0.25, 0.3) is 10.2 Å². The molecule has 0 saturated carbocycles. The lowest BCUT2D eigenvalue weighted by atomic mass is 10.0. The minimum atomic E-state index is -3.71. The van der Waals surface area contributed by atoms with Crippen LogP contribution in [0.1, 0.15) is 19.3 Å². The number of hydrogen-bond acceptors (Lipinski definition) is 6. The summed E-state index contributed by atoms with van der Waals surface area (Å²) in [6.07, 6.45) is 1.95. The lowest BCUT2D eigenvalue weighted by Gasteiger charge is -2.32. The maximum Gasteiger partial charge on any atom is 0.253 e. The Morgan fingerprint density at radius 2 is 2.15 bits per heavy atom. The highest BCUT2D eigenvalue weighted by Crippen LogP contribution is 2.30. The van der Waals surface area contributed by atoms with Crippen molar-refractivity contribution in [3.8, 4) is 0 Å². The van der Waals surface area contributed by atoms with Crippen LogP contribution in [0.4, 0.5) is 9.52 Å². The fraction of sp³-hybridized carbons (Fsp3) is 0.294. The monoisotopic (exact) mass is 425 g/mol. The number of carbonyl (C=O) groups excluding carboxylic acids is 1. The highest BCUT2D eigenvalue weighted by Gasteiger charge is 2.38. The van der Waals surface area contributed by atoms with Gasteiger partial charge in [0.1, 0.15) is 16.1 Å². The number of nitrogens with zero attached hydrogens (tertiary/aromatic N) is 2. The molecule has 1 amide bonds. The molecular formula is C17H16FN3O3S3. The standard InChI is InChI=1S/C17H16FN3O3S3/c18-11-6-7-12-14(10-11)26-17(19-12)20-16(22)13-4-1-2-8-21(13)27(23,24)15-5-3-9-25-15/h3,5-7,9-10,13H,1-2,4,8H2,(H,19,20,22)/t13-/m1/s1. The van der Waals surface area contributed by atoms with Gasteiger partial charge >= 0.3 is 0 Å². The first-order valence-electron chi connectivity index (χ1n) is 8.37. The Bertz CT molecular complexity index is 1080. The molecule has 2 aromatic heterocycles. The molecule has 0 unspecified atom stereocenters. The minimum Gasteiger partial charge on any atom is -0.301 e. The van der Waals surface area contributed by atoms with Crippen LogP contribution < -0.4 is 5.32 Å². The molecule has 0 spiro atoms. The van der Waals surface area contributed by atoms with Gasteiger partial charge in [0.25, 0.3) is 10.0 Å². The summed E-state index contributed by atoms with van der Waals surface area (Å²) in [6, 6.07) is 6.66. The first-order valence-corrected chi connectivity index (χ1v) is 11.5. The number of sulfonamides is 1. The van der Waals surface area contributed by atoms with E-state index in [1.807, 2.05) is 0 Å². The molecule has 10 heteroatoms. The number of amides is 1. The van der Waals surface area contributed by atoms with Crippen molar-refractivity contribution in [1.82, 2.24) is 9.29 Å². The molecule has 142 valence electrons. The molecule has 0 aliphatic carbocycles. The Morgan fingerprint density at radius 1 is 1.30 bits per heavy atom. The number of carbonyl (C=O) groups is 1. The second-order valence-corrected chi connectivity index (χ2v) is 10.3. The summed E-state index contributed by atoms with van der Waals surface area (Å²) in [4.78, 5) is 17.1. The number of thiazole rings is 1. The predicted molar refractivity (Wildman–Crippen MR) is 104 cm³/mol. The predicted octanol–water partition coefficient (Wildman–Crippen LogP) is 3.68. The Morgan fingerprint density at radius 3 is 2.93 bits per heavy atom. The third kappa shape index (κ3) is 3.62. The van der Waals surface area contributed by atoms with Crippen LogP contribution in [0.5, 0.6) is 0 Å². The van der Waals surface area contributed by atoms with E-state index in [0.29, 0.717) is 28.3 Å². The maximum absolute atomic E-state index is 13.3. The van der Waals surface area contributed by atoms with Crippen LogP contribution in [-0.4, -0.2) is 36.2 Å². The maximum atomic E-state index is 13.3. The van der Waals surface area contributed by atoms with E-state index in [0.717, 1.165) is 35.5 Å². The van der Waals surface area contributed by atoms with Gasteiger partial charge in [0, 0.05) is 6.54 Å². The summed E-state index contributed by atoms with van der Waals surface area (Å²) in [6.45, 7) is 0.309. The summed E-state index contributed by atoms with van der Waals surface area (Å²) in [5, 5.41) is 4.74. The smallest absolute Gasteiger partial charge is 0.253 e. The Balaban J connectivity index is 1.58. The molecule has 1 N–H and O–H groups in total. The zero-order chi connectivity index (χ0) is 19.0. The van der Waals surface area contributed by atoms with Crippen molar-refractivity contribution in [3.05, 3.63) is 41.5 Å². The molecule has 4 rings (SSSR count). The third-order valence-electron chi connectivity index (χ3n) is 4.39. The van der Waals surface area contributed by atoms with Gasteiger partial charge in [-0.05, 0) is 42.5 Å². The van der Waals surface area contributed by atoms with Crippen molar-refractivity contribution >= 4 is 54.0 Å². The van der Waals surface area contributed by atoms with Crippen molar-refractivity contribution in [3.63, 3.8) is 0 Å². The van der Waals surface area contributed by atoms with Crippen LogP contribution in [-0.2, 0) is 14.8 Å². The first kappa shape index (κ1) is 18.5. The molecule has 3 aromatic rings. The van der Waals surface area contributed by atoms with Gasteiger partial charge in [-0.1, -0.05) is 23.8 Å². The van der Waals surface area contributed by atoms with E-state index in [4.69, 9.17) is 0 Å². The van der Waals surface area contributed by atoms with Crippen LogP contribution >= 0.6 is 22.7 Å². The molecule has 0 radical (unpaired) electrons. The molecule has 1 aliphatic rings. The average Bonchev–Trinajstić information content (AvgIpc) is 3.31. The summed E-state index contributed by atoms with van der Waals surface area (Å²) in [7, 11) is -3.71. The van der Waals surface area contributed by atoms with E-state index in [1.54, 1.807) is 23.6 Å². The van der Waals surface area contributed by atoms with E-state index < -0.39 is 22.0 Å². The number of thiophene rings is 1. The van der Waals surface area contributed by atoms with Crippen molar-refractivity contribution in [2.75, 3.05) is 11.9 Å². The van der Waals surface area contributed by atoms with Gasteiger partial charge in [-0.2, -0.15) is 4.31 Å². The molecule has 1 aromatic carbocycles. The topological polar surface area (TPSA) is 79.4 Å². The highest BCUT2D eigenvalue weighted by atomic mass is 32.2. The van der Waals surface area contributed by atoms with Crippen molar-refractivity contribution < 1.29 is 17.6 Å². The molecule has 1 atom stereocenters. The number of piperidine rings is 1. The largest absolute Gasteiger partial charge is 0.301 e. The quantitative estimate of drug-likeness (QED) is 0.692. The number of rotatable bonds is 4. The number of aromatic nitrogens is 1. The molecular weight excluding hydrogens is 409 g/mol. The number of nitrogens with one attached hydrogen (secondary N) is 1. The summed E-state index contributed by atoms with van der Waals surface area (Å²) in [5.74, 6) is -0.779. The molecule has 1 aliphatic heterocycles. The van der Waals surface area contributed by atoms with E-state index in [2.05, 4.69) is 10.3 Å². The lowest BCUT2D eigenvalue weighted by molar-refractivity contribution is -0.120. The van der Waals surface area contributed by atoms with E-state index in [1.165, 1.54) is 16.4 Å². The number of benzene rings is 1. The number of anilines is 1. The average molecular weight is 426 g/mol. The summed E-state index contributed by atoms with van der Waals surface area (Å²) < 4.78 is 41.3. The third-order valence-corrected chi connectivity index (χ3v) is 8.61. The number of fused-ring (bicyclic) bond motifs is 1. The van der Waals surface area contributed by atoms with Crippen LogP contribution in [0.15, 0.2) is 39.9 Å². The molecule has 6 nitrogen and oxygen atoms in total. The normalized spacial score (nSPS) is 18.6. The zero-order valence-corrected chi connectivity index (χ0v) is 16.5. The van der Waals surface area contributed by atoms with Crippen LogP contribution in [0.3, 0.4) is 0 Å². The van der Waals surface area contributed by atoms with Gasteiger partial charge < -0.3 is 5.32 Å². The second-order valence-electron chi connectivity index (χ2n) is 6.18.